The highest BCUT2D eigenvalue weighted by Crippen LogP contribution is 2.42. The molecule has 1 unspecified atom stereocenters. The predicted octanol–water partition coefficient (Wildman–Crippen LogP) is 11.5. The second kappa shape index (κ2) is 16.0. The smallest absolute Gasteiger partial charge is 0.0585 e. The Hall–Kier alpha value is -2.77. The molecule has 0 bridgehead atoms. The van der Waals surface area contributed by atoms with Crippen molar-refractivity contribution < 1.29 is 5.11 Å². The molecule has 224 valence electrons. The molecular weight excluding hydrogens is 496 g/mol. The number of hydrogen-bond donors (Lipinski definition) is 1. The van der Waals surface area contributed by atoms with Crippen LogP contribution >= 0.6 is 0 Å². The van der Waals surface area contributed by atoms with E-state index >= 15 is 0 Å². The summed E-state index contributed by atoms with van der Waals surface area (Å²) in [4.78, 5) is 0. The molecule has 0 radical (unpaired) electrons. The van der Waals surface area contributed by atoms with Gasteiger partial charge in [-0.1, -0.05) is 145 Å². The van der Waals surface area contributed by atoms with E-state index in [9.17, 15) is 5.11 Å². The maximum Gasteiger partial charge on any atom is 0.0585 e. The molecule has 2 aliphatic carbocycles. The molecule has 0 aromatic heterocycles. The topological polar surface area (TPSA) is 20.2 Å². The number of aliphatic hydroxyl groups is 1. The van der Waals surface area contributed by atoms with Gasteiger partial charge in [0.05, 0.1) is 6.10 Å². The van der Waals surface area contributed by atoms with Crippen LogP contribution in [0, 0.1) is 23.2 Å². The number of hydrogen-bond acceptors (Lipinski definition) is 1. The van der Waals surface area contributed by atoms with Crippen LogP contribution in [0.2, 0.25) is 0 Å². The van der Waals surface area contributed by atoms with Gasteiger partial charge in [0.1, 0.15) is 0 Å². The SMILES string of the molecule is CC1=C(/C=C/C(C)/C=C/C=C(C)/C=C/C=C/C(C)=C/C=C/C(C)=C/[CH-]C2=C(C)CCCC2(C)C)C(C)(C)C[C@@H](O)C1. The maximum atomic E-state index is 10.1. The third-order valence-electron chi connectivity index (χ3n) is 8.42. The van der Waals surface area contributed by atoms with Gasteiger partial charge in [0.2, 0.25) is 0 Å². The van der Waals surface area contributed by atoms with Crippen LogP contribution in [0.4, 0.5) is 0 Å². The van der Waals surface area contributed by atoms with E-state index in [4.69, 9.17) is 0 Å². The first-order valence-electron chi connectivity index (χ1n) is 15.5. The van der Waals surface area contributed by atoms with Gasteiger partial charge in [-0.2, -0.15) is 23.6 Å². The van der Waals surface area contributed by atoms with E-state index in [0.717, 1.165) is 12.8 Å². The van der Waals surface area contributed by atoms with Crippen LogP contribution in [0.5, 0.6) is 0 Å². The van der Waals surface area contributed by atoms with Crippen molar-refractivity contribution >= 4 is 0 Å². The first-order chi connectivity index (χ1) is 19.2. The lowest BCUT2D eigenvalue weighted by Crippen LogP contribution is -2.28. The van der Waals surface area contributed by atoms with Gasteiger partial charge in [-0.05, 0) is 62.4 Å². The Kier molecular flexibility index (Phi) is 13.5. The summed E-state index contributed by atoms with van der Waals surface area (Å²) in [5, 5.41) is 10.1. The van der Waals surface area contributed by atoms with Crippen molar-refractivity contribution in [2.75, 3.05) is 0 Å². The number of rotatable bonds is 11. The van der Waals surface area contributed by atoms with Crippen LogP contribution in [0.1, 0.15) is 101 Å². The molecule has 2 atom stereocenters. The first-order valence-corrected chi connectivity index (χ1v) is 15.5. The summed E-state index contributed by atoms with van der Waals surface area (Å²) in [5.74, 6) is 0.350. The lowest BCUT2D eigenvalue weighted by atomic mass is 9.71. The summed E-state index contributed by atoms with van der Waals surface area (Å²) < 4.78 is 0. The van der Waals surface area contributed by atoms with Crippen molar-refractivity contribution in [3.8, 4) is 0 Å². The highest BCUT2D eigenvalue weighted by Gasteiger charge is 2.31. The van der Waals surface area contributed by atoms with Crippen LogP contribution in [-0.4, -0.2) is 11.2 Å². The molecule has 1 N–H and O–H groups in total. The molecule has 0 saturated heterocycles. The van der Waals surface area contributed by atoms with Gasteiger partial charge in [0.15, 0.2) is 0 Å². The summed E-state index contributed by atoms with van der Waals surface area (Å²) >= 11 is 0. The molecule has 0 aromatic rings. The molecule has 0 fully saturated rings. The van der Waals surface area contributed by atoms with Gasteiger partial charge in [0, 0.05) is 0 Å². The second-order valence-corrected chi connectivity index (χ2v) is 13.7. The van der Waals surface area contributed by atoms with Gasteiger partial charge in [-0.15, -0.1) is 11.6 Å². The largest absolute Gasteiger partial charge is 0.393 e. The van der Waals surface area contributed by atoms with E-state index in [2.05, 4.69) is 155 Å². The lowest BCUT2D eigenvalue weighted by Gasteiger charge is -2.39. The summed E-state index contributed by atoms with van der Waals surface area (Å²) in [7, 11) is 0. The van der Waals surface area contributed by atoms with Crippen LogP contribution < -0.4 is 0 Å². The minimum absolute atomic E-state index is 0.0261. The van der Waals surface area contributed by atoms with E-state index in [1.54, 1.807) is 5.57 Å². The minimum Gasteiger partial charge on any atom is -0.393 e. The lowest BCUT2D eigenvalue weighted by molar-refractivity contribution is 0.116. The molecule has 0 aliphatic heterocycles. The fourth-order valence-corrected chi connectivity index (χ4v) is 6.03. The summed E-state index contributed by atoms with van der Waals surface area (Å²) in [5.41, 5.74) is 9.75. The Labute approximate surface area is 253 Å². The van der Waals surface area contributed by atoms with Crippen molar-refractivity contribution in [1.82, 2.24) is 0 Å². The molecule has 0 saturated carbocycles. The van der Waals surface area contributed by atoms with Crippen molar-refractivity contribution in [2.24, 2.45) is 16.7 Å². The van der Waals surface area contributed by atoms with Gasteiger partial charge in [-0.3, -0.25) is 0 Å². The fourth-order valence-electron chi connectivity index (χ4n) is 6.03. The van der Waals surface area contributed by atoms with Crippen molar-refractivity contribution in [2.45, 2.75) is 107 Å². The zero-order valence-electron chi connectivity index (χ0n) is 27.7. The van der Waals surface area contributed by atoms with Gasteiger partial charge >= 0.3 is 0 Å². The van der Waals surface area contributed by atoms with Crippen LogP contribution in [-0.2, 0) is 0 Å². The maximum absolute atomic E-state index is 10.1. The van der Waals surface area contributed by atoms with Crippen molar-refractivity contribution in [3.63, 3.8) is 0 Å². The van der Waals surface area contributed by atoms with Gasteiger partial charge < -0.3 is 5.11 Å². The molecule has 0 amide bonds. The average molecular weight is 554 g/mol. The van der Waals surface area contributed by atoms with Crippen LogP contribution in [0.15, 0.2) is 118 Å². The first kappa shape index (κ1) is 34.4. The molecule has 2 aliphatic rings. The van der Waals surface area contributed by atoms with E-state index in [0.29, 0.717) is 5.92 Å². The number of aliphatic hydroxyl groups excluding tert-OH is 1. The molecule has 1 nitrogen and oxygen atoms in total. The molecule has 1 heteroatoms. The third-order valence-corrected chi connectivity index (χ3v) is 8.42. The van der Waals surface area contributed by atoms with Crippen molar-refractivity contribution in [3.05, 3.63) is 124 Å². The Morgan fingerprint density at radius 2 is 1.44 bits per heavy atom. The Bertz CT molecular complexity index is 1190. The molecule has 41 heavy (non-hydrogen) atoms. The quantitative estimate of drug-likeness (QED) is 0.199. The minimum atomic E-state index is -0.214. The van der Waals surface area contributed by atoms with Crippen LogP contribution in [0.3, 0.4) is 0 Å². The Morgan fingerprint density at radius 1 is 0.829 bits per heavy atom. The zero-order chi connectivity index (χ0) is 30.6. The molecule has 0 aromatic carbocycles. The predicted molar refractivity (Wildman–Crippen MR) is 182 cm³/mol. The molecule has 2 rings (SSSR count). The summed E-state index contributed by atoms with van der Waals surface area (Å²) in [6.45, 7) is 22.3. The highest BCUT2D eigenvalue weighted by molar-refractivity contribution is 5.38. The summed E-state index contributed by atoms with van der Waals surface area (Å²) in [6.07, 6.45) is 35.8. The summed E-state index contributed by atoms with van der Waals surface area (Å²) in [6, 6.07) is 0. The van der Waals surface area contributed by atoms with E-state index in [1.165, 1.54) is 52.7 Å². The standard InChI is InChI=1S/C40H57O/c1-30(18-13-20-32(3)23-25-37-34(5)22-15-27-39(37,7)8)16-11-12-17-31(2)19-14-21-33(4)24-26-38-35(6)28-36(41)29-40(38,9)10/h11-14,16-21,23-26,33,36,41H,15,22,27-29H2,1-10H3/q-1/b16-11+,17-12+,20-13+,21-14+,26-24+,30-18+,31-19+,32-23+/t33?,36-/m0/s1. The van der Waals surface area contributed by atoms with E-state index in [1.807, 2.05) is 0 Å². The highest BCUT2D eigenvalue weighted by atomic mass is 16.3. The molecule has 0 spiro atoms. The molecular formula is C40H57O-. The third kappa shape index (κ3) is 11.9. The Balaban J connectivity index is 1.85. The second-order valence-electron chi connectivity index (χ2n) is 13.7. The average Bonchev–Trinajstić information content (AvgIpc) is 2.84. The van der Waals surface area contributed by atoms with Crippen LogP contribution in [0.25, 0.3) is 0 Å². The Morgan fingerprint density at radius 3 is 2.05 bits per heavy atom. The van der Waals surface area contributed by atoms with Crippen molar-refractivity contribution in [1.29, 1.82) is 0 Å². The van der Waals surface area contributed by atoms with E-state index in [-0.39, 0.29) is 16.9 Å². The normalized spacial score (nSPS) is 23.8. The van der Waals surface area contributed by atoms with E-state index < -0.39 is 0 Å². The van der Waals surface area contributed by atoms with Gasteiger partial charge in [0.25, 0.3) is 0 Å². The number of allylic oxidation sites excluding steroid dienone is 19. The zero-order valence-corrected chi connectivity index (χ0v) is 27.7. The fraction of sp³-hybridized carbons (Fsp3) is 0.475. The molecule has 0 heterocycles. The van der Waals surface area contributed by atoms with Gasteiger partial charge in [-0.25, -0.2) is 0 Å². The monoisotopic (exact) mass is 553 g/mol.